The van der Waals surface area contributed by atoms with E-state index in [2.05, 4.69) is 26.4 Å². The molecule has 0 atom stereocenters. The smallest absolute Gasteiger partial charge is 0.244 e. The molecule has 0 bridgehead atoms. The predicted octanol–water partition coefficient (Wildman–Crippen LogP) is 1.69. The Morgan fingerprint density at radius 2 is 1.96 bits per heavy atom. The highest BCUT2D eigenvalue weighted by molar-refractivity contribution is 9.10. The summed E-state index contributed by atoms with van der Waals surface area (Å²) in [7, 11) is -3.55. The standard InChI is InChI=1S/C16H19BrN4O4S/c1-12-10-16(25-19-12)18-15(22)11-20-6-8-21(9-7-20)26(23,24)14-5-3-2-4-13(14)17/h2-5,10H,6-9,11H2,1H3,(H,18,22). The summed E-state index contributed by atoms with van der Waals surface area (Å²) in [6.07, 6.45) is 0. The van der Waals surface area contributed by atoms with Gasteiger partial charge in [0.25, 0.3) is 0 Å². The maximum Gasteiger partial charge on any atom is 0.244 e. The number of hydrogen-bond acceptors (Lipinski definition) is 6. The van der Waals surface area contributed by atoms with Gasteiger partial charge in [0.05, 0.1) is 17.1 Å². The zero-order chi connectivity index (χ0) is 18.7. The SMILES string of the molecule is Cc1cc(NC(=O)CN2CCN(S(=O)(=O)c3ccccc3Br)CC2)on1. The van der Waals surface area contributed by atoms with Crippen molar-refractivity contribution in [3.05, 3.63) is 40.5 Å². The van der Waals surface area contributed by atoms with Crippen LogP contribution in [0.4, 0.5) is 5.88 Å². The Labute approximate surface area is 160 Å². The zero-order valence-corrected chi connectivity index (χ0v) is 16.6. The molecule has 0 spiro atoms. The van der Waals surface area contributed by atoms with Gasteiger partial charge in [0, 0.05) is 36.7 Å². The lowest BCUT2D eigenvalue weighted by atomic mass is 10.3. The third kappa shape index (κ3) is 4.32. The number of rotatable bonds is 5. The maximum atomic E-state index is 12.8. The molecular weight excluding hydrogens is 424 g/mol. The van der Waals surface area contributed by atoms with Gasteiger partial charge in [-0.15, -0.1) is 0 Å². The zero-order valence-electron chi connectivity index (χ0n) is 14.2. The summed E-state index contributed by atoms with van der Waals surface area (Å²) in [6.45, 7) is 3.56. The van der Waals surface area contributed by atoms with Gasteiger partial charge in [0.15, 0.2) is 0 Å². The molecular formula is C16H19BrN4O4S. The molecule has 1 saturated heterocycles. The molecule has 3 rings (SSSR count). The van der Waals surface area contributed by atoms with Crippen LogP contribution in [-0.2, 0) is 14.8 Å². The van der Waals surface area contributed by atoms with E-state index >= 15 is 0 Å². The summed E-state index contributed by atoms with van der Waals surface area (Å²) in [6, 6.07) is 8.40. The molecule has 140 valence electrons. The van der Waals surface area contributed by atoms with Gasteiger partial charge in [-0.05, 0) is 35.0 Å². The minimum absolute atomic E-state index is 0.169. The number of benzene rings is 1. The molecule has 0 saturated carbocycles. The summed E-state index contributed by atoms with van der Waals surface area (Å²) >= 11 is 3.29. The molecule has 1 aliphatic heterocycles. The van der Waals surface area contributed by atoms with Gasteiger partial charge < -0.3 is 4.52 Å². The van der Waals surface area contributed by atoms with Crippen LogP contribution < -0.4 is 5.32 Å². The van der Waals surface area contributed by atoms with Crippen molar-refractivity contribution in [2.75, 3.05) is 38.0 Å². The first-order valence-corrected chi connectivity index (χ1v) is 10.3. The second-order valence-electron chi connectivity index (χ2n) is 5.99. The van der Waals surface area contributed by atoms with Gasteiger partial charge in [0.2, 0.25) is 21.8 Å². The van der Waals surface area contributed by atoms with Crippen LogP contribution in [0.25, 0.3) is 0 Å². The van der Waals surface area contributed by atoms with E-state index in [1.165, 1.54) is 4.31 Å². The Morgan fingerprint density at radius 1 is 1.27 bits per heavy atom. The summed E-state index contributed by atoms with van der Waals surface area (Å²) in [4.78, 5) is 14.2. The Balaban J connectivity index is 1.55. The fourth-order valence-electron chi connectivity index (χ4n) is 2.72. The Bertz CT molecular complexity index is 891. The maximum absolute atomic E-state index is 12.8. The molecule has 1 fully saturated rings. The molecule has 1 aliphatic rings. The molecule has 0 aliphatic carbocycles. The molecule has 2 heterocycles. The van der Waals surface area contributed by atoms with E-state index in [9.17, 15) is 13.2 Å². The van der Waals surface area contributed by atoms with Crippen molar-refractivity contribution in [1.82, 2.24) is 14.4 Å². The number of carbonyl (C=O) groups is 1. The minimum Gasteiger partial charge on any atom is -0.338 e. The van der Waals surface area contributed by atoms with Gasteiger partial charge >= 0.3 is 0 Å². The number of anilines is 1. The Hall–Kier alpha value is -1.75. The van der Waals surface area contributed by atoms with E-state index < -0.39 is 10.0 Å². The molecule has 8 nitrogen and oxygen atoms in total. The predicted molar refractivity (Wildman–Crippen MR) is 99.2 cm³/mol. The summed E-state index contributed by atoms with van der Waals surface area (Å²) < 4.78 is 32.5. The van der Waals surface area contributed by atoms with Gasteiger partial charge in [-0.25, -0.2) is 8.42 Å². The molecule has 2 aromatic rings. The fourth-order valence-corrected chi connectivity index (χ4v) is 5.11. The van der Waals surface area contributed by atoms with Crippen LogP contribution >= 0.6 is 15.9 Å². The summed E-state index contributed by atoms with van der Waals surface area (Å²) in [5.41, 5.74) is 0.686. The second kappa shape index (κ2) is 7.87. The van der Waals surface area contributed by atoms with Crippen LogP contribution in [0.2, 0.25) is 0 Å². The number of aromatic nitrogens is 1. The number of sulfonamides is 1. The molecule has 26 heavy (non-hydrogen) atoms. The van der Waals surface area contributed by atoms with Crippen molar-refractivity contribution in [2.24, 2.45) is 0 Å². The molecule has 1 aromatic heterocycles. The average Bonchev–Trinajstić information content (AvgIpc) is 3.00. The van der Waals surface area contributed by atoms with Crippen LogP contribution in [0.5, 0.6) is 0 Å². The normalized spacial score (nSPS) is 16.5. The van der Waals surface area contributed by atoms with Crippen molar-refractivity contribution >= 4 is 37.7 Å². The first kappa shape index (κ1) is 19.0. The first-order valence-electron chi connectivity index (χ1n) is 8.06. The number of hydrogen-bond donors (Lipinski definition) is 1. The number of halogens is 1. The summed E-state index contributed by atoms with van der Waals surface area (Å²) in [5, 5.41) is 6.35. The van der Waals surface area contributed by atoms with E-state index in [4.69, 9.17) is 4.52 Å². The minimum atomic E-state index is -3.55. The number of nitrogens with one attached hydrogen (secondary N) is 1. The third-order valence-electron chi connectivity index (χ3n) is 4.04. The van der Waals surface area contributed by atoms with Gasteiger partial charge in [-0.1, -0.05) is 17.3 Å². The van der Waals surface area contributed by atoms with Gasteiger partial charge in [0.1, 0.15) is 0 Å². The lowest BCUT2D eigenvalue weighted by molar-refractivity contribution is -0.117. The van der Waals surface area contributed by atoms with Gasteiger partial charge in [-0.3, -0.25) is 15.0 Å². The number of carbonyl (C=O) groups excluding carboxylic acids is 1. The van der Waals surface area contributed by atoms with Crippen molar-refractivity contribution in [1.29, 1.82) is 0 Å². The number of nitrogens with zero attached hydrogens (tertiary/aromatic N) is 3. The highest BCUT2D eigenvalue weighted by atomic mass is 79.9. The molecule has 1 amide bonds. The average molecular weight is 443 g/mol. The van der Waals surface area contributed by atoms with Crippen LogP contribution in [0.1, 0.15) is 5.69 Å². The quantitative estimate of drug-likeness (QED) is 0.756. The van der Waals surface area contributed by atoms with Crippen molar-refractivity contribution in [3.8, 4) is 0 Å². The number of amides is 1. The second-order valence-corrected chi connectivity index (χ2v) is 8.75. The Kier molecular flexibility index (Phi) is 5.76. The molecule has 1 aromatic carbocycles. The molecule has 0 unspecified atom stereocenters. The number of aryl methyl sites for hydroxylation is 1. The van der Waals surface area contributed by atoms with Crippen LogP contribution in [0, 0.1) is 6.92 Å². The monoisotopic (exact) mass is 442 g/mol. The molecule has 10 heteroatoms. The van der Waals surface area contributed by atoms with E-state index in [0.29, 0.717) is 42.2 Å². The van der Waals surface area contributed by atoms with Crippen molar-refractivity contribution in [3.63, 3.8) is 0 Å². The summed E-state index contributed by atoms with van der Waals surface area (Å²) in [5.74, 6) is 0.0888. The largest absolute Gasteiger partial charge is 0.338 e. The Morgan fingerprint density at radius 3 is 2.58 bits per heavy atom. The van der Waals surface area contributed by atoms with Gasteiger partial charge in [-0.2, -0.15) is 4.31 Å². The van der Waals surface area contributed by atoms with Crippen LogP contribution in [-0.4, -0.2) is 61.4 Å². The molecule has 1 N–H and O–H groups in total. The van der Waals surface area contributed by atoms with Crippen LogP contribution in [0.3, 0.4) is 0 Å². The highest BCUT2D eigenvalue weighted by Crippen LogP contribution is 2.25. The van der Waals surface area contributed by atoms with Crippen LogP contribution in [0.15, 0.2) is 44.2 Å². The lowest BCUT2D eigenvalue weighted by Gasteiger charge is -2.33. The third-order valence-corrected chi connectivity index (χ3v) is 6.95. The van der Waals surface area contributed by atoms with E-state index in [-0.39, 0.29) is 17.3 Å². The van der Waals surface area contributed by atoms with E-state index in [1.54, 1.807) is 37.3 Å². The topological polar surface area (TPSA) is 95.8 Å². The van der Waals surface area contributed by atoms with Crippen molar-refractivity contribution in [2.45, 2.75) is 11.8 Å². The lowest BCUT2D eigenvalue weighted by Crippen LogP contribution is -2.50. The van der Waals surface area contributed by atoms with Crippen molar-refractivity contribution < 1.29 is 17.7 Å². The highest BCUT2D eigenvalue weighted by Gasteiger charge is 2.30. The molecule has 0 radical (unpaired) electrons. The number of piperazine rings is 1. The van der Waals surface area contributed by atoms with E-state index in [1.807, 2.05) is 4.90 Å². The first-order chi connectivity index (χ1) is 12.4. The van der Waals surface area contributed by atoms with E-state index in [0.717, 1.165) is 0 Å². The fraction of sp³-hybridized carbons (Fsp3) is 0.375.